The first-order valence-electron chi connectivity index (χ1n) is 29.6. The maximum atomic E-state index is 12.9. The lowest BCUT2D eigenvalue weighted by molar-refractivity contribution is -0.870. The van der Waals surface area contributed by atoms with E-state index in [1.54, 1.807) is 6.08 Å². The van der Waals surface area contributed by atoms with Crippen molar-refractivity contribution >= 4 is 13.7 Å². The van der Waals surface area contributed by atoms with Crippen LogP contribution in [0.15, 0.2) is 12.2 Å². The molecule has 67 heavy (non-hydrogen) atoms. The molecule has 3 atom stereocenters. The lowest BCUT2D eigenvalue weighted by Crippen LogP contribution is -2.45. The van der Waals surface area contributed by atoms with Crippen LogP contribution in [0.1, 0.15) is 303 Å². The lowest BCUT2D eigenvalue weighted by atomic mass is 10.0. The van der Waals surface area contributed by atoms with Gasteiger partial charge in [0.05, 0.1) is 39.9 Å². The Morgan fingerprint density at radius 3 is 1.12 bits per heavy atom. The van der Waals surface area contributed by atoms with Crippen LogP contribution in [-0.4, -0.2) is 68.5 Å². The van der Waals surface area contributed by atoms with E-state index < -0.39 is 20.0 Å². The maximum Gasteiger partial charge on any atom is 0.268 e. The third-order valence-electron chi connectivity index (χ3n) is 13.7. The van der Waals surface area contributed by atoms with Gasteiger partial charge in [-0.05, 0) is 19.3 Å². The number of phosphoric acid groups is 1. The summed E-state index contributed by atoms with van der Waals surface area (Å²) in [5, 5.41) is 13.8. The lowest BCUT2D eigenvalue weighted by Gasteiger charge is -2.29. The topological polar surface area (TPSA) is 108 Å². The minimum Gasteiger partial charge on any atom is -0.756 e. The van der Waals surface area contributed by atoms with Crippen LogP contribution in [0.3, 0.4) is 0 Å². The Bertz CT molecular complexity index is 1100. The minimum absolute atomic E-state index is 0.00241. The molecule has 0 bridgehead atoms. The van der Waals surface area contributed by atoms with Crippen molar-refractivity contribution in [2.45, 2.75) is 315 Å². The Morgan fingerprint density at radius 2 is 0.806 bits per heavy atom. The van der Waals surface area contributed by atoms with E-state index in [1.807, 2.05) is 27.2 Å². The van der Waals surface area contributed by atoms with Crippen molar-refractivity contribution in [3.8, 4) is 0 Å². The average molecular weight is 970 g/mol. The number of nitrogens with zero attached hydrogens (tertiary/aromatic N) is 1. The molecule has 0 saturated carbocycles. The predicted octanol–water partition coefficient (Wildman–Crippen LogP) is 17.2. The van der Waals surface area contributed by atoms with Crippen molar-refractivity contribution in [1.82, 2.24) is 5.32 Å². The number of carbonyl (C=O) groups is 1. The minimum atomic E-state index is -4.59. The molecule has 0 aromatic heterocycles. The molecule has 0 heterocycles. The normalized spacial score (nSPS) is 14.0. The molecule has 0 rings (SSSR count). The SMILES string of the molecule is CCCCCCCCCCCCC/C=C/C(O)C(COP(=O)([O-])OCC[N+](C)(C)C)NC(=O)CCCCCCCCCCCCCCCCCCCCCCCCCCCCCCCCCC. The number of allylic oxidation sites excluding steroid dienone is 1. The number of quaternary nitrogens is 1. The number of likely N-dealkylation sites (N-methyl/N-ethyl adjacent to an activating group) is 1. The van der Waals surface area contributed by atoms with Crippen LogP contribution in [0.2, 0.25) is 0 Å². The molecule has 3 unspecified atom stereocenters. The van der Waals surface area contributed by atoms with Crippen LogP contribution in [0.5, 0.6) is 0 Å². The third kappa shape index (κ3) is 52.9. The largest absolute Gasteiger partial charge is 0.756 e. The summed E-state index contributed by atoms with van der Waals surface area (Å²) in [4.78, 5) is 25.4. The number of amides is 1. The van der Waals surface area contributed by atoms with E-state index in [1.165, 1.54) is 244 Å². The number of carbonyl (C=O) groups excluding carboxylic acids is 1. The molecule has 0 aromatic rings. The highest BCUT2D eigenvalue weighted by molar-refractivity contribution is 7.45. The van der Waals surface area contributed by atoms with Gasteiger partial charge in [-0.3, -0.25) is 9.36 Å². The number of nitrogens with one attached hydrogen (secondary N) is 1. The van der Waals surface area contributed by atoms with Gasteiger partial charge in [0.2, 0.25) is 5.91 Å². The van der Waals surface area contributed by atoms with E-state index in [4.69, 9.17) is 9.05 Å². The standard InChI is InChI=1S/C58H117N2O6P/c1-6-8-10-12-14-16-18-20-21-22-23-24-25-26-27-28-29-30-31-32-33-34-35-36-37-38-40-42-44-46-48-50-52-58(62)59-56(55-66-67(63,64)65-54-53-60(3,4)5)57(61)51-49-47-45-43-41-39-19-17-15-13-11-9-7-2/h49,51,56-57,61H,6-48,50,52-55H2,1-5H3,(H-,59,62,63,64)/b51-49+. The summed E-state index contributed by atoms with van der Waals surface area (Å²) in [6, 6.07) is -0.881. The van der Waals surface area contributed by atoms with E-state index in [0.717, 1.165) is 38.5 Å². The van der Waals surface area contributed by atoms with Gasteiger partial charge >= 0.3 is 0 Å². The Kier molecular flexibility index (Phi) is 49.6. The molecule has 0 spiro atoms. The Morgan fingerprint density at radius 1 is 0.507 bits per heavy atom. The number of unbranched alkanes of at least 4 members (excludes halogenated alkanes) is 42. The number of aliphatic hydroxyl groups excluding tert-OH is 1. The first-order valence-corrected chi connectivity index (χ1v) is 31.0. The second-order valence-corrected chi connectivity index (χ2v) is 23.1. The molecule has 0 fully saturated rings. The molecular formula is C58H117N2O6P. The Labute approximate surface area is 418 Å². The van der Waals surface area contributed by atoms with Crippen molar-refractivity contribution in [2.24, 2.45) is 0 Å². The molecule has 0 radical (unpaired) electrons. The second-order valence-electron chi connectivity index (χ2n) is 21.7. The van der Waals surface area contributed by atoms with E-state index in [0.29, 0.717) is 17.4 Å². The predicted molar refractivity (Wildman–Crippen MR) is 289 cm³/mol. The summed E-state index contributed by atoms with van der Waals surface area (Å²) < 4.78 is 23.3. The highest BCUT2D eigenvalue weighted by atomic mass is 31.2. The highest BCUT2D eigenvalue weighted by Gasteiger charge is 2.23. The number of aliphatic hydroxyl groups is 1. The molecule has 0 aliphatic rings. The van der Waals surface area contributed by atoms with Gasteiger partial charge in [-0.25, -0.2) is 0 Å². The van der Waals surface area contributed by atoms with Crippen LogP contribution in [0.4, 0.5) is 0 Å². The molecular weight excluding hydrogens is 852 g/mol. The molecule has 8 nitrogen and oxygen atoms in total. The van der Waals surface area contributed by atoms with Crippen LogP contribution in [-0.2, 0) is 18.4 Å². The first kappa shape index (κ1) is 66.2. The van der Waals surface area contributed by atoms with Crippen LogP contribution in [0.25, 0.3) is 0 Å². The van der Waals surface area contributed by atoms with Crippen molar-refractivity contribution in [2.75, 3.05) is 40.9 Å². The quantitative estimate of drug-likeness (QED) is 0.0272. The van der Waals surface area contributed by atoms with E-state index >= 15 is 0 Å². The van der Waals surface area contributed by atoms with Gasteiger partial charge in [0, 0.05) is 6.42 Å². The molecule has 0 aliphatic heterocycles. The number of hydrogen-bond donors (Lipinski definition) is 2. The summed E-state index contributed by atoms with van der Waals surface area (Å²) in [7, 11) is 1.28. The molecule has 9 heteroatoms. The zero-order valence-electron chi connectivity index (χ0n) is 45.6. The molecule has 0 saturated heterocycles. The fraction of sp³-hybridized carbons (Fsp3) is 0.948. The number of hydrogen-bond acceptors (Lipinski definition) is 6. The number of phosphoric ester groups is 1. The monoisotopic (exact) mass is 969 g/mol. The van der Waals surface area contributed by atoms with Crippen molar-refractivity contribution < 1.29 is 32.9 Å². The van der Waals surface area contributed by atoms with E-state index in [9.17, 15) is 19.4 Å². The van der Waals surface area contributed by atoms with Gasteiger partial charge in [-0.15, -0.1) is 0 Å². The first-order chi connectivity index (χ1) is 32.5. The molecule has 1 amide bonds. The van der Waals surface area contributed by atoms with Crippen molar-refractivity contribution in [1.29, 1.82) is 0 Å². The summed E-state index contributed by atoms with van der Waals surface area (Å²) in [6.45, 7) is 4.68. The maximum absolute atomic E-state index is 12.9. The Balaban J connectivity index is 3.96. The van der Waals surface area contributed by atoms with Crippen LogP contribution >= 0.6 is 7.82 Å². The summed E-state index contributed by atoms with van der Waals surface area (Å²) in [5.41, 5.74) is 0. The molecule has 0 aromatic carbocycles. The smallest absolute Gasteiger partial charge is 0.268 e. The second kappa shape index (κ2) is 50.2. The molecule has 0 aliphatic carbocycles. The van der Waals surface area contributed by atoms with E-state index in [-0.39, 0.29) is 19.1 Å². The molecule has 2 N–H and O–H groups in total. The van der Waals surface area contributed by atoms with Gasteiger partial charge in [0.1, 0.15) is 13.2 Å². The van der Waals surface area contributed by atoms with Gasteiger partial charge in [0.25, 0.3) is 7.82 Å². The van der Waals surface area contributed by atoms with Crippen molar-refractivity contribution in [3.63, 3.8) is 0 Å². The van der Waals surface area contributed by atoms with Crippen molar-refractivity contribution in [3.05, 3.63) is 12.2 Å². The zero-order chi connectivity index (χ0) is 49.2. The fourth-order valence-corrected chi connectivity index (χ4v) is 9.82. The van der Waals surface area contributed by atoms with Gasteiger partial charge in [-0.2, -0.15) is 0 Å². The summed E-state index contributed by atoms with van der Waals surface area (Å²) in [6.07, 6.45) is 61.7. The fourth-order valence-electron chi connectivity index (χ4n) is 9.10. The summed E-state index contributed by atoms with van der Waals surface area (Å²) >= 11 is 0. The third-order valence-corrected chi connectivity index (χ3v) is 14.7. The van der Waals surface area contributed by atoms with Crippen LogP contribution < -0.4 is 10.2 Å². The number of rotatable bonds is 55. The van der Waals surface area contributed by atoms with Gasteiger partial charge < -0.3 is 28.8 Å². The average Bonchev–Trinajstić information content (AvgIpc) is 3.29. The Hall–Kier alpha value is -0.760. The van der Waals surface area contributed by atoms with Gasteiger partial charge in [-0.1, -0.05) is 289 Å². The molecule has 400 valence electrons. The zero-order valence-corrected chi connectivity index (χ0v) is 46.5. The van der Waals surface area contributed by atoms with Crippen LogP contribution in [0, 0.1) is 0 Å². The summed E-state index contributed by atoms with van der Waals surface area (Å²) in [5.74, 6) is -0.191. The highest BCUT2D eigenvalue weighted by Crippen LogP contribution is 2.38. The van der Waals surface area contributed by atoms with E-state index in [2.05, 4.69) is 19.2 Å². The van der Waals surface area contributed by atoms with Gasteiger partial charge in [0.15, 0.2) is 0 Å².